The molecule has 1 rings (SSSR count). The number of hydrogen-bond acceptors (Lipinski definition) is 4. The zero-order valence-corrected chi connectivity index (χ0v) is 10.6. The molecule has 0 saturated carbocycles. The number of rotatable bonds is 7. The second-order valence-corrected chi connectivity index (χ2v) is 5.83. The average molecular weight is 279 g/mol. The molecule has 1 heterocycles. The molecule has 0 aromatic heterocycles. The van der Waals surface area contributed by atoms with Crippen molar-refractivity contribution in [1.82, 2.24) is 9.03 Å². The first-order valence-corrected chi connectivity index (χ1v) is 7.05. The van der Waals surface area contributed by atoms with Gasteiger partial charge in [-0.3, -0.25) is 9.59 Å². The molecule has 18 heavy (non-hydrogen) atoms. The summed E-state index contributed by atoms with van der Waals surface area (Å²) >= 11 is 0. The average Bonchev–Trinajstić information content (AvgIpc) is 2.77. The summed E-state index contributed by atoms with van der Waals surface area (Å²) < 4.78 is 26.9. The Labute approximate surface area is 105 Å². The lowest BCUT2D eigenvalue weighted by Gasteiger charge is -2.19. The van der Waals surface area contributed by atoms with Crippen LogP contribution in [-0.4, -0.2) is 48.8 Å². The Kier molecular flexibility index (Phi) is 5.05. The molecule has 1 amide bonds. The Bertz CT molecular complexity index is 416. The number of carbonyl (C=O) groups is 2. The zero-order chi connectivity index (χ0) is 13.8. The van der Waals surface area contributed by atoms with Crippen LogP contribution in [0.5, 0.6) is 0 Å². The SMILES string of the molecule is NC(=O)CC[C@@H](NS(=O)(=O)N1CCCC1)C(=O)O. The van der Waals surface area contributed by atoms with Crippen LogP contribution in [0.15, 0.2) is 0 Å². The molecule has 0 bridgehead atoms. The normalized spacial score (nSPS) is 18.7. The molecule has 1 saturated heterocycles. The third-order valence-corrected chi connectivity index (χ3v) is 4.30. The van der Waals surface area contributed by atoms with Gasteiger partial charge in [0.05, 0.1) is 0 Å². The number of carbonyl (C=O) groups excluding carboxylic acids is 1. The summed E-state index contributed by atoms with van der Waals surface area (Å²) in [6.07, 6.45) is 1.19. The van der Waals surface area contributed by atoms with E-state index in [-0.39, 0.29) is 12.8 Å². The molecule has 1 aliphatic rings. The maximum absolute atomic E-state index is 11.8. The van der Waals surface area contributed by atoms with Crippen molar-refractivity contribution in [3.63, 3.8) is 0 Å². The topological polar surface area (TPSA) is 130 Å². The summed E-state index contributed by atoms with van der Waals surface area (Å²) in [5.74, 6) is -1.99. The van der Waals surface area contributed by atoms with E-state index in [1.54, 1.807) is 0 Å². The number of nitrogens with one attached hydrogen (secondary N) is 1. The van der Waals surface area contributed by atoms with Crippen molar-refractivity contribution in [3.05, 3.63) is 0 Å². The Morgan fingerprint density at radius 3 is 2.33 bits per heavy atom. The minimum Gasteiger partial charge on any atom is -0.480 e. The first kappa shape index (κ1) is 14.9. The molecule has 0 radical (unpaired) electrons. The van der Waals surface area contributed by atoms with E-state index in [1.807, 2.05) is 0 Å². The van der Waals surface area contributed by atoms with Crippen molar-refractivity contribution in [2.24, 2.45) is 5.73 Å². The Morgan fingerprint density at radius 2 is 1.89 bits per heavy atom. The summed E-state index contributed by atoms with van der Waals surface area (Å²) in [5.41, 5.74) is 4.91. The molecule has 1 aliphatic heterocycles. The van der Waals surface area contributed by atoms with Gasteiger partial charge >= 0.3 is 5.97 Å². The molecule has 0 aliphatic carbocycles. The summed E-state index contributed by atoms with van der Waals surface area (Å²) in [4.78, 5) is 21.5. The second kappa shape index (κ2) is 6.12. The number of amides is 1. The maximum Gasteiger partial charge on any atom is 0.321 e. The summed E-state index contributed by atoms with van der Waals surface area (Å²) in [6, 6.07) is -1.33. The predicted octanol–water partition coefficient (Wildman–Crippen LogP) is -1.36. The number of aliphatic carboxylic acids is 1. The monoisotopic (exact) mass is 279 g/mol. The van der Waals surface area contributed by atoms with Crippen LogP contribution in [0, 0.1) is 0 Å². The van der Waals surface area contributed by atoms with E-state index in [2.05, 4.69) is 4.72 Å². The minimum atomic E-state index is -3.80. The van der Waals surface area contributed by atoms with Gasteiger partial charge in [0.2, 0.25) is 5.91 Å². The quantitative estimate of drug-likeness (QED) is 0.529. The van der Waals surface area contributed by atoms with Gasteiger partial charge in [0.1, 0.15) is 6.04 Å². The lowest BCUT2D eigenvalue weighted by Crippen LogP contribution is -2.47. The van der Waals surface area contributed by atoms with Gasteiger partial charge < -0.3 is 10.8 Å². The molecule has 1 fully saturated rings. The highest BCUT2D eigenvalue weighted by atomic mass is 32.2. The molecular weight excluding hydrogens is 262 g/mol. The van der Waals surface area contributed by atoms with Gasteiger partial charge in [0.25, 0.3) is 10.2 Å². The van der Waals surface area contributed by atoms with Crippen LogP contribution in [0.25, 0.3) is 0 Å². The van der Waals surface area contributed by atoms with Crippen LogP contribution >= 0.6 is 0 Å². The van der Waals surface area contributed by atoms with Gasteiger partial charge in [-0.05, 0) is 19.3 Å². The van der Waals surface area contributed by atoms with Crippen molar-refractivity contribution in [1.29, 1.82) is 0 Å². The standard InChI is InChI=1S/C9H17N3O5S/c10-8(13)4-3-7(9(14)15)11-18(16,17)12-5-1-2-6-12/h7,11H,1-6H2,(H2,10,13)(H,14,15)/t7-/m1/s1. The van der Waals surface area contributed by atoms with Crippen LogP contribution in [0.4, 0.5) is 0 Å². The Balaban J connectivity index is 2.64. The van der Waals surface area contributed by atoms with E-state index in [4.69, 9.17) is 10.8 Å². The van der Waals surface area contributed by atoms with Crippen molar-refractivity contribution in [2.75, 3.05) is 13.1 Å². The highest BCUT2D eigenvalue weighted by molar-refractivity contribution is 7.87. The minimum absolute atomic E-state index is 0.155. The highest BCUT2D eigenvalue weighted by Crippen LogP contribution is 2.12. The number of nitrogens with zero attached hydrogens (tertiary/aromatic N) is 1. The van der Waals surface area contributed by atoms with E-state index in [0.29, 0.717) is 13.1 Å². The van der Waals surface area contributed by atoms with E-state index >= 15 is 0 Å². The molecule has 0 aromatic carbocycles. The van der Waals surface area contributed by atoms with Gasteiger partial charge in [-0.2, -0.15) is 17.4 Å². The van der Waals surface area contributed by atoms with Crippen LogP contribution in [-0.2, 0) is 19.8 Å². The smallest absolute Gasteiger partial charge is 0.321 e. The Morgan fingerprint density at radius 1 is 1.33 bits per heavy atom. The second-order valence-electron chi connectivity index (χ2n) is 4.12. The maximum atomic E-state index is 11.8. The van der Waals surface area contributed by atoms with Crippen LogP contribution in [0.3, 0.4) is 0 Å². The fourth-order valence-corrected chi connectivity index (χ4v) is 3.17. The number of carboxylic acids is 1. The molecule has 104 valence electrons. The third kappa shape index (κ3) is 4.24. The number of hydrogen-bond donors (Lipinski definition) is 3. The summed E-state index contributed by atoms with van der Waals surface area (Å²) in [6.45, 7) is 0.773. The van der Waals surface area contributed by atoms with Crippen molar-refractivity contribution >= 4 is 22.1 Å². The van der Waals surface area contributed by atoms with Gasteiger partial charge in [-0.25, -0.2) is 0 Å². The highest BCUT2D eigenvalue weighted by Gasteiger charge is 2.30. The molecule has 0 spiro atoms. The van der Waals surface area contributed by atoms with Crippen LogP contribution in [0.1, 0.15) is 25.7 Å². The number of primary amides is 1. The van der Waals surface area contributed by atoms with E-state index in [9.17, 15) is 18.0 Å². The number of nitrogens with two attached hydrogens (primary N) is 1. The molecule has 9 heteroatoms. The molecule has 8 nitrogen and oxygen atoms in total. The van der Waals surface area contributed by atoms with Gasteiger partial charge in [-0.15, -0.1) is 0 Å². The van der Waals surface area contributed by atoms with E-state index < -0.39 is 28.1 Å². The molecule has 0 aromatic rings. The van der Waals surface area contributed by atoms with Crippen LogP contribution < -0.4 is 10.5 Å². The van der Waals surface area contributed by atoms with E-state index in [1.165, 1.54) is 4.31 Å². The van der Waals surface area contributed by atoms with Crippen molar-refractivity contribution < 1.29 is 23.1 Å². The van der Waals surface area contributed by atoms with Crippen molar-refractivity contribution in [2.45, 2.75) is 31.7 Å². The van der Waals surface area contributed by atoms with Crippen molar-refractivity contribution in [3.8, 4) is 0 Å². The van der Waals surface area contributed by atoms with Gasteiger partial charge in [0.15, 0.2) is 0 Å². The fourth-order valence-electron chi connectivity index (χ4n) is 1.70. The summed E-state index contributed by atoms with van der Waals surface area (Å²) in [7, 11) is -3.80. The fraction of sp³-hybridized carbons (Fsp3) is 0.778. The lowest BCUT2D eigenvalue weighted by molar-refractivity contribution is -0.139. The van der Waals surface area contributed by atoms with E-state index in [0.717, 1.165) is 12.8 Å². The molecule has 0 unspecified atom stereocenters. The van der Waals surface area contributed by atoms with Crippen LogP contribution in [0.2, 0.25) is 0 Å². The third-order valence-electron chi connectivity index (χ3n) is 2.67. The predicted molar refractivity (Wildman–Crippen MR) is 62.7 cm³/mol. The zero-order valence-electron chi connectivity index (χ0n) is 9.83. The van der Waals surface area contributed by atoms with Gasteiger partial charge in [0, 0.05) is 19.5 Å². The Hall–Kier alpha value is -1.19. The molecule has 1 atom stereocenters. The lowest BCUT2D eigenvalue weighted by atomic mass is 10.2. The van der Waals surface area contributed by atoms with Gasteiger partial charge in [-0.1, -0.05) is 0 Å². The summed E-state index contributed by atoms with van der Waals surface area (Å²) in [5, 5.41) is 8.89. The molecular formula is C9H17N3O5S. The first-order valence-electron chi connectivity index (χ1n) is 5.61. The number of carboxylic acid groups (broad SMARTS) is 1. The first-order chi connectivity index (χ1) is 8.33. The molecule has 4 N–H and O–H groups in total. The largest absolute Gasteiger partial charge is 0.480 e.